The van der Waals surface area contributed by atoms with Crippen molar-refractivity contribution in [2.24, 2.45) is 11.8 Å². The van der Waals surface area contributed by atoms with Crippen LogP contribution in [0.2, 0.25) is 0 Å². The number of carbonyl (C=O) groups excluding carboxylic acids is 1. The van der Waals surface area contributed by atoms with Crippen molar-refractivity contribution in [2.75, 3.05) is 6.61 Å². The third-order valence-electron chi connectivity index (χ3n) is 4.05. The molecule has 0 aliphatic heterocycles. The van der Waals surface area contributed by atoms with Gasteiger partial charge in [-0.1, -0.05) is 57.4 Å². The van der Waals surface area contributed by atoms with Crippen LogP contribution in [0.25, 0.3) is 0 Å². The molecule has 0 saturated heterocycles. The molecule has 2 atom stereocenters. The van der Waals surface area contributed by atoms with E-state index < -0.39 is 5.60 Å². The summed E-state index contributed by atoms with van der Waals surface area (Å²) in [6, 6.07) is 8.05. The zero-order valence-corrected chi connectivity index (χ0v) is 19.3. The molecule has 153 valence electrons. The van der Waals surface area contributed by atoms with Crippen LogP contribution in [0.15, 0.2) is 61.2 Å². The molecule has 28 heavy (non-hydrogen) atoms. The third-order valence-corrected chi connectivity index (χ3v) is 4.05. The normalized spacial score (nSPS) is 18.0. The minimum atomic E-state index is -0.409. The van der Waals surface area contributed by atoms with Crippen molar-refractivity contribution >= 4 is 5.97 Å². The quantitative estimate of drug-likeness (QED) is 0.387. The summed E-state index contributed by atoms with van der Waals surface area (Å²) in [6.07, 6.45) is 7.19. The number of hydrogen-bond acceptors (Lipinski definition) is 3. The summed E-state index contributed by atoms with van der Waals surface area (Å²) in [6.45, 7) is 17.6. The van der Waals surface area contributed by atoms with Crippen LogP contribution in [0.1, 0.15) is 46.6 Å². The average Bonchev–Trinajstić information content (AvgIpc) is 3.39. The molecule has 0 bridgehead atoms. The maximum absolute atomic E-state index is 12.0. The van der Waals surface area contributed by atoms with Gasteiger partial charge in [0, 0.05) is 18.6 Å². The predicted octanol–water partition coefficient (Wildman–Crippen LogP) is 5.91. The number of ether oxygens (including phenoxy) is 2. The largest absolute Gasteiger partial charge is 0.489 e. The molecule has 0 N–H and O–H groups in total. The number of rotatable bonds is 8. The van der Waals surface area contributed by atoms with E-state index in [1.807, 2.05) is 52.8 Å². The molecule has 3 nitrogen and oxygen atoms in total. The van der Waals surface area contributed by atoms with Gasteiger partial charge >= 0.3 is 5.97 Å². The molecule has 0 unspecified atom stereocenters. The van der Waals surface area contributed by atoms with E-state index in [1.54, 1.807) is 12.2 Å². The minimum absolute atomic E-state index is 0. The van der Waals surface area contributed by atoms with Gasteiger partial charge in [-0.15, -0.1) is 0 Å². The maximum Gasteiger partial charge on any atom is 0.309 e. The first-order valence-corrected chi connectivity index (χ1v) is 9.71. The van der Waals surface area contributed by atoms with E-state index in [4.69, 9.17) is 9.47 Å². The van der Waals surface area contributed by atoms with Gasteiger partial charge in [0.15, 0.2) is 0 Å². The fourth-order valence-corrected chi connectivity index (χ4v) is 2.66. The van der Waals surface area contributed by atoms with E-state index in [9.17, 15) is 4.79 Å². The number of benzene rings is 1. The van der Waals surface area contributed by atoms with E-state index in [0.29, 0.717) is 12.5 Å². The molecule has 2 rings (SSSR count). The maximum atomic E-state index is 12.0. The molecule has 0 amide bonds. The second-order valence-corrected chi connectivity index (χ2v) is 7.45. The Bertz CT molecular complexity index is 653. The summed E-state index contributed by atoms with van der Waals surface area (Å²) in [5, 5.41) is 0. The third kappa shape index (κ3) is 9.48. The van der Waals surface area contributed by atoms with Crippen molar-refractivity contribution in [3.8, 4) is 5.75 Å². The zero-order valence-electron chi connectivity index (χ0n) is 17.9. The van der Waals surface area contributed by atoms with Crippen molar-refractivity contribution < 1.29 is 32.8 Å². The van der Waals surface area contributed by atoms with Crippen molar-refractivity contribution in [2.45, 2.75) is 53.1 Å². The van der Waals surface area contributed by atoms with Crippen molar-refractivity contribution in [3.63, 3.8) is 0 Å². The molecule has 1 radical (unpaired) electrons. The standard InChI is InChI=1S/C22H28O3.C2H6.V/c1-6-8-16(7-2)15-24-19-11-9-17(10-12-19)13-18-14-20(18)21(23)25-22(3,4)5;1-2;/h6-12,18,20H,1-2,13-15H2,3-5H3;1-2H3;/b16-8+;;/t18-,20+;;/m1../s1. The fourth-order valence-electron chi connectivity index (χ4n) is 2.66. The Morgan fingerprint density at radius 1 is 1.18 bits per heavy atom. The summed E-state index contributed by atoms with van der Waals surface area (Å²) in [4.78, 5) is 12.0. The van der Waals surface area contributed by atoms with Gasteiger partial charge in [0.2, 0.25) is 0 Å². The molecule has 1 aliphatic rings. The molecule has 1 aromatic carbocycles. The Balaban J connectivity index is 0.00000235. The van der Waals surface area contributed by atoms with Crippen LogP contribution in [-0.2, 0) is 34.5 Å². The van der Waals surface area contributed by atoms with Crippen LogP contribution < -0.4 is 4.74 Å². The Kier molecular flexibility index (Phi) is 11.9. The van der Waals surface area contributed by atoms with E-state index in [1.165, 1.54) is 5.56 Å². The van der Waals surface area contributed by atoms with E-state index in [2.05, 4.69) is 25.3 Å². The summed E-state index contributed by atoms with van der Waals surface area (Å²) >= 11 is 0. The Labute approximate surface area is 182 Å². The molecule has 1 aliphatic carbocycles. The smallest absolute Gasteiger partial charge is 0.309 e. The van der Waals surface area contributed by atoms with Gasteiger partial charge in [0.05, 0.1) is 5.92 Å². The Hall–Kier alpha value is -1.71. The van der Waals surface area contributed by atoms with Gasteiger partial charge in [0.25, 0.3) is 0 Å². The molecule has 0 heterocycles. The number of allylic oxidation sites excluding steroid dienone is 2. The molecule has 1 saturated carbocycles. The summed E-state index contributed by atoms with van der Waals surface area (Å²) < 4.78 is 11.2. The van der Waals surface area contributed by atoms with Gasteiger partial charge < -0.3 is 9.47 Å². The first-order chi connectivity index (χ1) is 12.8. The predicted molar refractivity (Wildman–Crippen MR) is 113 cm³/mol. The Morgan fingerprint density at radius 3 is 2.29 bits per heavy atom. The van der Waals surface area contributed by atoms with Crippen molar-refractivity contribution in [3.05, 3.63) is 66.8 Å². The van der Waals surface area contributed by atoms with Crippen molar-refractivity contribution in [1.29, 1.82) is 0 Å². The second-order valence-electron chi connectivity index (χ2n) is 7.45. The van der Waals surface area contributed by atoms with Crippen LogP contribution in [0.5, 0.6) is 5.75 Å². The number of esters is 1. The first kappa shape index (κ1) is 26.3. The Morgan fingerprint density at radius 2 is 1.79 bits per heavy atom. The van der Waals surface area contributed by atoms with Gasteiger partial charge in [0.1, 0.15) is 18.0 Å². The monoisotopic (exact) mass is 421 g/mol. The summed E-state index contributed by atoms with van der Waals surface area (Å²) in [7, 11) is 0. The molecular weight excluding hydrogens is 387 g/mol. The first-order valence-electron chi connectivity index (χ1n) is 9.71. The van der Waals surface area contributed by atoms with E-state index >= 15 is 0 Å². The van der Waals surface area contributed by atoms with E-state index in [-0.39, 0.29) is 30.4 Å². The molecule has 0 aromatic heterocycles. The van der Waals surface area contributed by atoms with E-state index in [0.717, 1.165) is 24.2 Å². The van der Waals surface area contributed by atoms with Crippen LogP contribution in [0.3, 0.4) is 0 Å². The van der Waals surface area contributed by atoms with Crippen LogP contribution in [0.4, 0.5) is 0 Å². The fraction of sp³-hybridized carbons (Fsp3) is 0.458. The minimum Gasteiger partial charge on any atom is -0.489 e. The van der Waals surface area contributed by atoms with Gasteiger partial charge in [-0.3, -0.25) is 4.79 Å². The molecule has 4 heteroatoms. The number of hydrogen-bond donors (Lipinski definition) is 0. The SMILES string of the molecule is C=C/C=C(\C=C)COc1ccc(C[C@@H]2C[C@@H]2C(=O)OC(C)(C)C)cc1.CC.[V]. The van der Waals surface area contributed by atoms with Gasteiger partial charge in [-0.05, 0) is 62.8 Å². The summed E-state index contributed by atoms with van der Waals surface area (Å²) in [5.41, 5.74) is 1.79. The zero-order chi connectivity index (χ0) is 20.4. The molecule has 1 fully saturated rings. The van der Waals surface area contributed by atoms with Gasteiger partial charge in [-0.2, -0.15) is 0 Å². The molecule has 1 aromatic rings. The number of carbonyl (C=O) groups is 1. The van der Waals surface area contributed by atoms with Gasteiger partial charge in [-0.25, -0.2) is 0 Å². The topological polar surface area (TPSA) is 35.5 Å². The molecule has 0 spiro atoms. The van der Waals surface area contributed by atoms with Crippen LogP contribution in [-0.4, -0.2) is 18.2 Å². The van der Waals surface area contributed by atoms with Crippen molar-refractivity contribution in [1.82, 2.24) is 0 Å². The second kappa shape index (κ2) is 12.7. The molecular formula is C24H34O3V. The summed E-state index contributed by atoms with van der Waals surface area (Å²) in [5.74, 6) is 1.20. The van der Waals surface area contributed by atoms with Crippen LogP contribution in [0, 0.1) is 11.8 Å². The van der Waals surface area contributed by atoms with Crippen LogP contribution >= 0.6 is 0 Å². The average molecular weight is 421 g/mol.